The Hall–Kier alpha value is -2.01. The van der Waals surface area contributed by atoms with E-state index in [1.165, 1.54) is 0 Å². The number of nitrogens with one attached hydrogen (secondary N) is 1. The standard InChI is InChI=1S/C17H13BBrNO2/c1-9-3-4-15-11(5-9)12(17(21)20-15)6-10-7-13(18)16(22-2)14(19)8-10/h3-8H,1-2H3,(H,20,21)/b12-6-. The molecule has 1 heterocycles. The van der Waals surface area contributed by atoms with Gasteiger partial charge < -0.3 is 10.1 Å². The highest BCUT2D eigenvalue weighted by molar-refractivity contribution is 9.10. The van der Waals surface area contributed by atoms with Crippen LogP contribution in [0.2, 0.25) is 0 Å². The fraction of sp³-hybridized carbons (Fsp3) is 0.118. The molecule has 1 aliphatic rings. The first-order valence-corrected chi connectivity index (χ1v) is 7.56. The van der Waals surface area contributed by atoms with Crippen LogP contribution in [-0.2, 0) is 4.79 Å². The smallest absolute Gasteiger partial charge is 0.256 e. The van der Waals surface area contributed by atoms with Crippen LogP contribution < -0.4 is 15.5 Å². The van der Waals surface area contributed by atoms with Crippen molar-refractivity contribution in [3.63, 3.8) is 0 Å². The highest BCUT2D eigenvalue weighted by atomic mass is 79.9. The normalized spacial score (nSPS) is 14.9. The van der Waals surface area contributed by atoms with Crippen LogP contribution in [0, 0.1) is 6.92 Å². The van der Waals surface area contributed by atoms with E-state index in [0.717, 1.165) is 26.9 Å². The first-order chi connectivity index (χ1) is 10.5. The summed E-state index contributed by atoms with van der Waals surface area (Å²) in [6.07, 6.45) is 1.83. The lowest BCUT2D eigenvalue weighted by atomic mass is 9.92. The van der Waals surface area contributed by atoms with Gasteiger partial charge in [-0.1, -0.05) is 23.2 Å². The molecule has 2 aromatic rings. The molecule has 22 heavy (non-hydrogen) atoms. The summed E-state index contributed by atoms with van der Waals surface area (Å²) in [7, 11) is 7.54. The minimum Gasteiger partial charge on any atom is -0.496 e. The van der Waals surface area contributed by atoms with E-state index in [2.05, 4.69) is 21.2 Å². The van der Waals surface area contributed by atoms with Gasteiger partial charge in [-0.25, -0.2) is 0 Å². The lowest BCUT2D eigenvalue weighted by molar-refractivity contribution is -0.110. The molecule has 3 rings (SSSR count). The molecule has 2 radical (unpaired) electrons. The maximum absolute atomic E-state index is 12.2. The van der Waals surface area contributed by atoms with E-state index < -0.39 is 0 Å². The Morgan fingerprint density at radius 3 is 2.73 bits per heavy atom. The minimum absolute atomic E-state index is 0.105. The van der Waals surface area contributed by atoms with Gasteiger partial charge in [-0.2, -0.15) is 0 Å². The predicted molar refractivity (Wildman–Crippen MR) is 93.8 cm³/mol. The van der Waals surface area contributed by atoms with E-state index in [0.29, 0.717) is 16.8 Å². The second kappa shape index (κ2) is 5.65. The van der Waals surface area contributed by atoms with E-state index in [-0.39, 0.29) is 5.91 Å². The summed E-state index contributed by atoms with van der Waals surface area (Å²) >= 11 is 3.43. The quantitative estimate of drug-likeness (QED) is 0.665. The zero-order valence-electron chi connectivity index (χ0n) is 12.2. The van der Waals surface area contributed by atoms with Crippen molar-refractivity contribution in [1.29, 1.82) is 0 Å². The Bertz CT molecular complexity index is 791. The Morgan fingerprint density at radius 1 is 1.27 bits per heavy atom. The van der Waals surface area contributed by atoms with Gasteiger partial charge in [0.2, 0.25) is 0 Å². The van der Waals surface area contributed by atoms with Crippen LogP contribution in [0.3, 0.4) is 0 Å². The van der Waals surface area contributed by atoms with Crippen LogP contribution in [0.25, 0.3) is 11.6 Å². The number of amides is 1. The number of ether oxygens (including phenoxy) is 1. The molecule has 0 unspecified atom stereocenters. The van der Waals surface area contributed by atoms with Gasteiger partial charge in [0.15, 0.2) is 0 Å². The van der Waals surface area contributed by atoms with Crippen molar-refractivity contribution in [2.75, 3.05) is 12.4 Å². The van der Waals surface area contributed by atoms with Crippen LogP contribution in [0.4, 0.5) is 5.69 Å². The fourth-order valence-electron chi connectivity index (χ4n) is 2.55. The molecule has 1 N–H and O–H groups in total. The SMILES string of the molecule is [B]c1cc(/C=C2\C(=O)Nc3ccc(C)cc32)cc(Br)c1OC. The van der Waals surface area contributed by atoms with Gasteiger partial charge in [0.25, 0.3) is 5.91 Å². The second-order valence-corrected chi connectivity index (χ2v) is 6.04. The van der Waals surface area contributed by atoms with Crippen molar-refractivity contribution in [3.05, 3.63) is 51.5 Å². The predicted octanol–water partition coefficient (Wildman–Crippen LogP) is 3.05. The third-order valence-corrected chi connectivity index (χ3v) is 4.16. The van der Waals surface area contributed by atoms with Gasteiger partial charge in [0.05, 0.1) is 11.6 Å². The van der Waals surface area contributed by atoms with Crippen LogP contribution >= 0.6 is 15.9 Å². The molecule has 0 spiro atoms. The zero-order chi connectivity index (χ0) is 15.9. The summed E-state index contributed by atoms with van der Waals surface area (Å²) in [5.74, 6) is 0.486. The molecule has 2 aromatic carbocycles. The molecule has 0 atom stereocenters. The number of halogens is 1. The van der Waals surface area contributed by atoms with Crippen LogP contribution in [0.1, 0.15) is 16.7 Å². The van der Waals surface area contributed by atoms with Crippen LogP contribution in [0.15, 0.2) is 34.8 Å². The number of rotatable bonds is 2. The number of hydrogen-bond donors (Lipinski definition) is 1. The lowest BCUT2D eigenvalue weighted by Crippen LogP contribution is -2.09. The number of benzene rings is 2. The summed E-state index contributed by atoms with van der Waals surface area (Å²) in [5.41, 5.74) is 4.85. The Morgan fingerprint density at radius 2 is 2.05 bits per heavy atom. The van der Waals surface area contributed by atoms with E-state index in [9.17, 15) is 4.79 Å². The third-order valence-electron chi connectivity index (χ3n) is 3.57. The third kappa shape index (κ3) is 2.57. The van der Waals surface area contributed by atoms with Gasteiger partial charge in [-0.05, 0) is 52.7 Å². The summed E-state index contributed by atoms with van der Waals surface area (Å²) in [5, 5.41) is 2.87. The maximum Gasteiger partial charge on any atom is 0.256 e. The number of carbonyl (C=O) groups is 1. The van der Waals surface area contributed by atoms with Crippen molar-refractivity contribution >= 4 is 52.5 Å². The number of hydrogen-bond acceptors (Lipinski definition) is 2. The molecule has 108 valence electrons. The van der Waals surface area contributed by atoms with Crippen LogP contribution in [-0.4, -0.2) is 20.9 Å². The summed E-state index contributed by atoms with van der Waals surface area (Å²) in [4.78, 5) is 12.2. The van der Waals surface area contributed by atoms with Crippen molar-refractivity contribution in [3.8, 4) is 5.75 Å². The molecule has 5 heteroatoms. The molecule has 1 amide bonds. The summed E-state index contributed by atoms with van der Waals surface area (Å²) in [6.45, 7) is 2.00. The van der Waals surface area contributed by atoms with Crippen molar-refractivity contribution < 1.29 is 9.53 Å². The van der Waals surface area contributed by atoms with Crippen molar-refractivity contribution in [1.82, 2.24) is 0 Å². The average molecular weight is 354 g/mol. The zero-order valence-corrected chi connectivity index (χ0v) is 13.8. The number of carbonyl (C=O) groups excluding carboxylic acids is 1. The van der Waals surface area contributed by atoms with E-state index in [1.54, 1.807) is 13.2 Å². The maximum atomic E-state index is 12.2. The Balaban J connectivity index is 2.10. The van der Waals surface area contributed by atoms with Crippen molar-refractivity contribution in [2.24, 2.45) is 0 Å². The molecule has 0 aromatic heterocycles. The molecular formula is C17H13BBrNO2. The van der Waals surface area contributed by atoms with Crippen molar-refractivity contribution in [2.45, 2.75) is 6.92 Å². The fourth-order valence-corrected chi connectivity index (χ4v) is 3.20. The summed E-state index contributed by atoms with van der Waals surface area (Å²) in [6, 6.07) is 9.56. The Labute approximate surface area is 138 Å². The Kier molecular flexibility index (Phi) is 3.83. The van der Waals surface area contributed by atoms with Crippen LogP contribution in [0.5, 0.6) is 5.75 Å². The highest BCUT2D eigenvalue weighted by Crippen LogP contribution is 2.34. The number of methoxy groups -OCH3 is 1. The van der Waals surface area contributed by atoms with Gasteiger partial charge in [0, 0.05) is 16.8 Å². The minimum atomic E-state index is -0.105. The second-order valence-electron chi connectivity index (χ2n) is 5.19. The lowest BCUT2D eigenvalue weighted by Gasteiger charge is -2.09. The molecule has 0 saturated heterocycles. The molecule has 0 bridgehead atoms. The van der Waals surface area contributed by atoms with E-state index in [1.807, 2.05) is 37.3 Å². The van der Waals surface area contributed by atoms with E-state index in [4.69, 9.17) is 12.6 Å². The number of fused-ring (bicyclic) bond motifs is 1. The summed E-state index contributed by atoms with van der Waals surface area (Å²) < 4.78 is 5.98. The van der Waals surface area contributed by atoms with E-state index >= 15 is 0 Å². The topological polar surface area (TPSA) is 38.3 Å². The molecular weight excluding hydrogens is 341 g/mol. The van der Waals surface area contributed by atoms with Gasteiger partial charge >= 0.3 is 0 Å². The molecule has 1 aliphatic heterocycles. The number of aryl methyl sites for hydroxylation is 1. The van der Waals surface area contributed by atoms with Gasteiger partial charge in [-0.3, -0.25) is 4.79 Å². The molecule has 0 fully saturated rings. The average Bonchev–Trinajstić information content (AvgIpc) is 2.75. The molecule has 3 nitrogen and oxygen atoms in total. The largest absolute Gasteiger partial charge is 0.496 e. The highest BCUT2D eigenvalue weighted by Gasteiger charge is 2.24. The molecule has 0 aliphatic carbocycles. The monoisotopic (exact) mass is 353 g/mol. The van der Waals surface area contributed by atoms with Gasteiger partial charge in [-0.15, -0.1) is 0 Å². The number of anilines is 1. The first kappa shape index (κ1) is 14.9. The van der Waals surface area contributed by atoms with Gasteiger partial charge in [0.1, 0.15) is 13.6 Å². The molecule has 0 saturated carbocycles. The first-order valence-electron chi connectivity index (χ1n) is 6.76.